The van der Waals surface area contributed by atoms with E-state index < -0.39 is 0 Å². The van der Waals surface area contributed by atoms with E-state index in [1.54, 1.807) is 6.92 Å². The number of ketones is 1. The van der Waals surface area contributed by atoms with Gasteiger partial charge in [0.2, 0.25) is 0 Å². The SMILES string of the molecule is CC(=O)c1sc(Cc2c(C)cc(C)cc2C)nc1C. The number of aromatic nitrogens is 1. The fourth-order valence-electron chi connectivity index (χ4n) is 2.49. The molecule has 1 heterocycles. The molecule has 3 heteroatoms. The van der Waals surface area contributed by atoms with Gasteiger partial charge in [0.25, 0.3) is 0 Å². The molecule has 0 radical (unpaired) electrons. The number of rotatable bonds is 3. The molecule has 0 aliphatic rings. The van der Waals surface area contributed by atoms with Crippen LogP contribution in [0.2, 0.25) is 0 Å². The first-order chi connectivity index (χ1) is 8.88. The highest BCUT2D eigenvalue weighted by molar-refractivity contribution is 7.13. The number of aryl methyl sites for hydroxylation is 4. The Bertz CT molecular complexity index is 617. The topological polar surface area (TPSA) is 30.0 Å². The van der Waals surface area contributed by atoms with Crippen LogP contribution in [-0.4, -0.2) is 10.8 Å². The Morgan fingerprint density at radius 2 is 1.74 bits per heavy atom. The van der Waals surface area contributed by atoms with Gasteiger partial charge in [0.15, 0.2) is 5.78 Å². The highest BCUT2D eigenvalue weighted by Crippen LogP contribution is 2.25. The van der Waals surface area contributed by atoms with Crippen LogP contribution in [0.5, 0.6) is 0 Å². The normalized spacial score (nSPS) is 10.8. The second kappa shape index (κ2) is 5.25. The van der Waals surface area contributed by atoms with Crippen LogP contribution in [0.15, 0.2) is 12.1 Å². The van der Waals surface area contributed by atoms with Gasteiger partial charge in [-0.1, -0.05) is 17.7 Å². The van der Waals surface area contributed by atoms with Crippen LogP contribution in [0, 0.1) is 27.7 Å². The lowest BCUT2D eigenvalue weighted by Crippen LogP contribution is -1.96. The van der Waals surface area contributed by atoms with E-state index in [9.17, 15) is 4.79 Å². The summed E-state index contributed by atoms with van der Waals surface area (Å²) < 4.78 is 0. The fourth-order valence-corrected chi connectivity index (χ4v) is 3.47. The van der Waals surface area contributed by atoms with Crippen molar-refractivity contribution in [1.29, 1.82) is 0 Å². The molecule has 2 nitrogen and oxygen atoms in total. The molecule has 0 bridgehead atoms. The standard InChI is InChI=1S/C16H19NOS/c1-9-6-10(2)14(11(3)7-9)8-15-17-12(4)16(19-15)13(5)18/h6-7H,8H2,1-5H3. The molecule has 0 aliphatic carbocycles. The molecule has 2 rings (SSSR count). The van der Waals surface area contributed by atoms with Crippen LogP contribution in [-0.2, 0) is 6.42 Å². The molecule has 0 fully saturated rings. The summed E-state index contributed by atoms with van der Waals surface area (Å²) in [5.41, 5.74) is 6.08. The van der Waals surface area contributed by atoms with Crippen molar-refractivity contribution in [3.05, 3.63) is 50.0 Å². The number of Topliss-reactive ketones (excluding diaryl/α,β-unsaturated/α-hetero) is 1. The van der Waals surface area contributed by atoms with Gasteiger partial charge in [-0.3, -0.25) is 4.79 Å². The van der Waals surface area contributed by atoms with Crippen molar-refractivity contribution in [3.63, 3.8) is 0 Å². The first-order valence-electron chi connectivity index (χ1n) is 6.42. The Morgan fingerprint density at radius 3 is 2.21 bits per heavy atom. The number of hydrogen-bond donors (Lipinski definition) is 0. The first-order valence-corrected chi connectivity index (χ1v) is 7.24. The lowest BCUT2D eigenvalue weighted by molar-refractivity contribution is 0.102. The molecule has 1 aromatic carbocycles. The van der Waals surface area contributed by atoms with E-state index in [0.29, 0.717) is 0 Å². The van der Waals surface area contributed by atoms with Crippen LogP contribution >= 0.6 is 11.3 Å². The van der Waals surface area contributed by atoms with Crippen LogP contribution in [0.1, 0.15) is 49.6 Å². The zero-order valence-corrected chi connectivity index (χ0v) is 12.9. The third-order valence-corrected chi connectivity index (χ3v) is 4.59. The summed E-state index contributed by atoms with van der Waals surface area (Å²) in [6, 6.07) is 4.41. The van der Waals surface area contributed by atoms with E-state index in [0.717, 1.165) is 22.0 Å². The molecule has 0 aliphatic heterocycles. The van der Waals surface area contributed by atoms with Gasteiger partial charge in [-0.05, 0) is 44.4 Å². The van der Waals surface area contributed by atoms with Crippen molar-refractivity contribution in [3.8, 4) is 0 Å². The van der Waals surface area contributed by atoms with Crippen LogP contribution in [0.3, 0.4) is 0 Å². The molecule has 0 amide bonds. The summed E-state index contributed by atoms with van der Waals surface area (Å²) in [7, 11) is 0. The quantitative estimate of drug-likeness (QED) is 0.786. The Hall–Kier alpha value is -1.48. The van der Waals surface area contributed by atoms with Gasteiger partial charge in [0, 0.05) is 13.3 Å². The van der Waals surface area contributed by atoms with E-state index in [1.165, 1.54) is 33.6 Å². The van der Waals surface area contributed by atoms with Crippen LogP contribution < -0.4 is 0 Å². The van der Waals surface area contributed by atoms with Crippen molar-refractivity contribution in [2.24, 2.45) is 0 Å². The molecule has 2 aromatic rings. The zero-order valence-electron chi connectivity index (χ0n) is 12.1. The van der Waals surface area contributed by atoms with Gasteiger partial charge in [-0.25, -0.2) is 4.98 Å². The molecule has 0 saturated carbocycles. The lowest BCUT2D eigenvalue weighted by Gasteiger charge is -2.09. The molecule has 0 saturated heterocycles. The number of hydrogen-bond acceptors (Lipinski definition) is 3. The highest BCUT2D eigenvalue weighted by Gasteiger charge is 2.13. The molecule has 0 spiro atoms. The molecule has 1 aromatic heterocycles. The minimum atomic E-state index is 0.110. The molecule has 0 N–H and O–H groups in total. The summed E-state index contributed by atoms with van der Waals surface area (Å²) in [5, 5.41) is 1.03. The van der Waals surface area contributed by atoms with E-state index >= 15 is 0 Å². The molecular weight excluding hydrogens is 254 g/mol. The number of nitrogens with zero attached hydrogens (tertiary/aromatic N) is 1. The van der Waals surface area contributed by atoms with Gasteiger partial charge in [0.05, 0.1) is 15.6 Å². The Labute approximate surface area is 118 Å². The third-order valence-electron chi connectivity index (χ3n) is 3.33. The second-order valence-electron chi connectivity index (χ2n) is 5.13. The van der Waals surface area contributed by atoms with Crippen molar-refractivity contribution in [1.82, 2.24) is 4.98 Å². The Morgan fingerprint density at radius 1 is 1.16 bits per heavy atom. The molecule has 100 valence electrons. The number of carbonyl (C=O) groups is 1. The number of benzene rings is 1. The number of carbonyl (C=O) groups excluding carboxylic acids is 1. The summed E-state index contributed by atoms with van der Waals surface area (Å²) in [5.74, 6) is 0.110. The Kier molecular flexibility index (Phi) is 3.85. The average Bonchev–Trinajstić information content (AvgIpc) is 2.65. The summed E-state index contributed by atoms with van der Waals surface area (Å²) >= 11 is 1.52. The summed E-state index contributed by atoms with van der Waals surface area (Å²) in [6.45, 7) is 9.91. The minimum Gasteiger partial charge on any atom is -0.294 e. The predicted molar refractivity (Wildman–Crippen MR) is 80.3 cm³/mol. The molecule has 19 heavy (non-hydrogen) atoms. The van der Waals surface area contributed by atoms with Gasteiger partial charge >= 0.3 is 0 Å². The molecule has 0 unspecified atom stereocenters. The monoisotopic (exact) mass is 273 g/mol. The maximum Gasteiger partial charge on any atom is 0.171 e. The van der Waals surface area contributed by atoms with E-state index in [1.807, 2.05) is 6.92 Å². The van der Waals surface area contributed by atoms with Crippen molar-refractivity contribution in [2.75, 3.05) is 0 Å². The summed E-state index contributed by atoms with van der Waals surface area (Å²) in [4.78, 5) is 16.8. The smallest absolute Gasteiger partial charge is 0.171 e. The first kappa shape index (κ1) is 13.9. The van der Waals surface area contributed by atoms with Crippen molar-refractivity contribution in [2.45, 2.75) is 41.0 Å². The maximum atomic E-state index is 11.5. The van der Waals surface area contributed by atoms with Gasteiger partial charge in [-0.2, -0.15) is 0 Å². The molecular formula is C16H19NOS. The van der Waals surface area contributed by atoms with Crippen LogP contribution in [0.25, 0.3) is 0 Å². The molecule has 0 atom stereocenters. The predicted octanol–water partition coefficient (Wildman–Crippen LogP) is 4.17. The van der Waals surface area contributed by atoms with Crippen LogP contribution in [0.4, 0.5) is 0 Å². The van der Waals surface area contributed by atoms with E-state index in [2.05, 4.69) is 37.9 Å². The fraction of sp³-hybridized carbons (Fsp3) is 0.375. The van der Waals surface area contributed by atoms with E-state index in [4.69, 9.17) is 0 Å². The zero-order chi connectivity index (χ0) is 14.2. The average molecular weight is 273 g/mol. The Balaban J connectivity index is 2.37. The highest BCUT2D eigenvalue weighted by atomic mass is 32.1. The lowest BCUT2D eigenvalue weighted by atomic mass is 9.98. The second-order valence-corrected chi connectivity index (χ2v) is 6.22. The van der Waals surface area contributed by atoms with E-state index in [-0.39, 0.29) is 5.78 Å². The number of thiazole rings is 1. The maximum absolute atomic E-state index is 11.5. The third kappa shape index (κ3) is 2.92. The van der Waals surface area contributed by atoms with Gasteiger partial charge in [0.1, 0.15) is 0 Å². The van der Waals surface area contributed by atoms with Gasteiger partial charge in [-0.15, -0.1) is 11.3 Å². The van der Waals surface area contributed by atoms with Gasteiger partial charge < -0.3 is 0 Å². The summed E-state index contributed by atoms with van der Waals surface area (Å²) in [6.07, 6.45) is 0.816. The van der Waals surface area contributed by atoms with Crippen molar-refractivity contribution < 1.29 is 4.79 Å². The van der Waals surface area contributed by atoms with Crippen molar-refractivity contribution >= 4 is 17.1 Å². The largest absolute Gasteiger partial charge is 0.294 e. The minimum absolute atomic E-state index is 0.110.